The van der Waals surface area contributed by atoms with Crippen LogP contribution in [0.15, 0.2) is 28.7 Å². The SMILES string of the molecule is O=C(OCCOc1ccc(Br)cc1)C12C[C@@H]3C[C@@H](CC(Cl)(C3)C1)C2. The summed E-state index contributed by atoms with van der Waals surface area (Å²) in [5.74, 6) is 1.94. The van der Waals surface area contributed by atoms with Crippen LogP contribution in [0.3, 0.4) is 0 Å². The molecule has 4 aliphatic carbocycles. The van der Waals surface area contributed by atoms with Crippen LogP contribution in [0.25, 0.3) is 0 Å². The molecule has 1 aromatic carbocycles. The van der Waals surface area contributed by atoms with Crippen molar-refractivity contribution in [2.45, 2.75) is 43.4 Å². The van der Waals surface area contributed by atoms with Gasteiger partial charge in [0, 0.05) is 9.35 Å². The van der Waals surface area contributed by atoms with E-state index in [1.165, 1.54) is 6.42 Å². The molecule has 0 amide bonds. The van der Waals surface area contributed by atoms with Crippen molar-refractivity contribution in [3.05, 3.63) is 28.7 Å². The van der Waals surface area contributed by atoms with Gasteiger partial charge in [-0.15, -0.1) is 11.6 Å². The van der Waals surface area contributed by atoms with Gasteiger partial charge in [0.25, 0.3) is 0 Å². The molecular formula is C19H22BrClO3. The van der Waals surface area contributed by atoms with Gasteiger partial charge in [0.05, 0.1) is 5.41 Å². The number of alkyl halides is 1. The van der Waals surface area contributed by atoms with Gasteiger partial charge in [0.15, 0.2) is 0 Å². The Kier molecular flexibility index (Phi) is 4.32. The molecule has 1 aromatic rings. The number of hydrogen-bond acceptors (Lipinski definition) is 3. The molecule has 0 aromatic heterocycles. The van der Waals surface area contributed by atoms with Crippen LogP contribution in [-0.4, -0.2) is 24.1 Å². The van der Waals surface area contributed by atoms with Gasteiger partial charge in [-0.2, -0.15) is 0 Å². The highest BCUT2D eigenvalue weighted by Gasteiger charge is 2.60. The first kappa shape index (κ1) is 16.7. The van der Waals surface area contributed by atoms with Gasteiger partial charge in [-0.25, -0.2) is 0 Å². The van der Waals surface area contributed by atoms with Gasteiger partial charge in [-0.05, 0) is 74.6 Å². The lowest BCUT2D eigenvalue weighted by molar-refractivity contribution is -0.170. The molecular weight excluding hydrogens is 392 g/mol. The van der Waals surface area contributed by atoms with Crippen LogP contribution in [0.5, 0.6) is 5.75 Å². The standard InChI is InChI=1S/C19H22BrClO3/c20-15-1-3-16(4-2-15)23-5-6-24-17(22)18-8-13-7-14(9-18)11-19(21,10-13)12-18/h1-4,13-14H,5-12H2/t13-,14+,18?,19?. The van der Waals surface area contributed by atoms with Crippen molar-refractivity contribution in [2.75, 3.05) is 13.2 Å². The van der Waals surface area contributed by atoms with Crippen LogP contribution in [0, 0.1) is 17.3 Å². The Labute approximate surface area is 156 Å². The van der Waals surface area contributed by atoms with E-state index >= 15 is 0 Å². The topological polar surface area (TPSA) is 35.5 Å². The first-order valence-electron chi connectivity index (χ1n) is 8.71. The maximum Gasteiger partial charge on any atom is 0.312 e. The van der Waals surface area contributed by atoms with E-state index in [9.17, 15) is 4.79 Å². The van der Waals surface area contributed by atoms with Crippen LogP contribution in [0.4, 0.5) is 0 Å². The lowest BCUT2D eigenvalue weighted by atomic mass is 9.49. The van der Waals surface area contributed by atoms with E-state index in [-0.39, 0.29) is 16.3 Å². The molecule has 5 rings (SSSR count). The van der Waals surface area contributed by atoms with Gasteiger partial charge in [0.2, 0.25) is 0 Å². The summed E-state index contributed by atoms with van der Waals surface area (Å²) in [7, 11) is 0. The molecule has 0 aliphatic heterocycles. The Morgan fingerprint density at radius 3 is 2.42 bits per heavy atom. The molecule has 0 spiro atoms. The Bertz CT molecular complexity index is 616. The lowest BCUT2D eigenvalue weighted by Crippen LogP contribution is -2.56. The molecule has 2 unspecified atom stereocenters. The minimum atomic E-state index is -0.330. The number of rotatable bonds is 5. The number of benzene rings is 1. The minimum Gasteiger partial charge on any atom is -0.490 e. The summed E-state index contributed by atoms with van der Waals surface area (Å²) in [5, 5.41) is 0. The van der Waals surface area contributed by atoms with Crippen molar-refractivity contribution in [1.29, 1.82) is 0 Å². The summed E-state index contributed by atoms with van der Waals surface area (Å²) in [4.78, 5) is 12.6. The number of carbonyl (C=O) groups excluding carboxylic acids is 1. The van der Waals surface area contributed by atoms with E-state index in [0.29, 0.717) is 25.0 Å². The maximum absolute atomic E-state index is 12.8. The van der Waals surface area contributed by atoms with Crippen molar-refractivity contribution in [3.63, 3.8) is 0 Å². The Balaban J connectivity index is 1.31. The number of ether oxygens (including phenoxy) is 2. The average molecular weight is 414 g/mol. The highest BCUT2D eigenvalue weighted by molar-refractivity contribution is 9.10. The third kappa shape index (κ3) is 3.20. The molecule has 3 nitrogen and oxygen atoms in total. The monoisotopic (exact) mass is 412 g/mol. The fourth-order valence-corrected chi connectivity index (χ4v) is 6.32. The molecule has 4 saturated carbocycles. The molecule has 0 radical (unpaired) electrons. The first-order chi connectivity index (χ1) is 11.5. The molecule has 0 heterocycles. The normalized spacial score (nSPS) is 36.6. The molecule has 5 heteroatoms. The molecule has 24 heavy (non-hydrogen) atoms. The van der Waals surface area contributed by atoms with E-state index in [0.717, 1.165) is 42.3 Å². The summed E-state index contributed by atoms with van der Waals surface area (Å²) in [6.45, 7) is 0.670. The van der Waals surface area contributed by atoms with Gasteiger partial charge >= 0.3 is 5.97 Å². The highest BCUT2D eigenvalue weighted by Crippen LogP contribution is 2.64. The van der Waals surface area contributed by atoms with Crippen LogP contribution in [0.2, 0.25) is 0 Å². The second-order valence-corrected chi connectivity index (χ2v) is 9.55. The number of hydrogen-bond donors (Lipinski definition) is 0. The largest absolute Gasteiger partial charge is 0.490 e. The second kappa shape index (κ2) is 6.21. The van der Waals surface area contributed by atoms with E-state index in [1.807, 2.05) is 24.3 Å². The minimum absolute atomic E-state index is 0.0546. The van der Waals surface area contributed by atoms with Crippen molar-refractivity contribution in [3.8, 4) is 5.75 Å². The van der Waals surface area contributed by atoms with Crippen LogP contribution >= 0.6 is 27.5 Å². The average Bonchev–Trinajstić information content (AvgIpc) is 2.50. The molecule has 130 valence electrons. The Morgan fingerprint density at radius 1 is 1.12 bits per heavy atom. The lowest BCUT2D eigenvalue weighted by Gasteiger charge is -2.58. The van der Waals surface area contributed by atoms with Crippen molar-refractivity contribution in [2.24, 2.45) is 17.3 Å². The van der Waals surface area contributed by atoms with E-state index in [2.05, 4.69) is 15.9 Å². The predicted molar refractivity (Wildman–Crippen MR) is 96.3 cm³/mol. The van der Waals surface area contributed by atoms with Crippen LogP contribution in [-0.2, 0) is 9.53 Å². The summed E-state index contributed by atoms with van der Waals surface area (Å²) in [6, 6.07) is 7.64. The molecule has 4 fully saturated rings. The Hall–Kier alpha value is -0.740. The summed E-state index contributed by atoms with van der Waals surface area (Å²) in [5.41, 5.74) is -0.330. The molecule has 0 saturated heterocycles. The molecule has 0 N–H and O–H groups in total. The molecule has 4 bridgehead atoms. The van der Waals surface area contributed by atoms with E-state index in [1.54, 1.807) is 0 Å². The van der Waals surface area contributed by atoms with Crippen LogP contribution < -0.4 is 4.74 Å². The quantitative estimate of drug-likeness (QED) is 0.389. The molecule has 4 aliphatic rings. The fraction of sp³-hybridized carbons (Fsp3) is 0.632. The summed E-state index contributed by atoms with van der Waals surface area (Å²) in [6.07, 6.45) is 6.12. The maximum atomic E-state index is 12.8. The zero-order valence-electron chi connectivity index (χ0n) is 13.6. The van der Waals surface area contributed by atoms with Crippen molar-refractivity contribution in [1.82, 2.24) is 0 Å². The number of halogens is 2. The zero-order valence-corrected chi connectivity index (χ0v) is 15.9. The Morgan fingerprint density at radius 2 is 1.79 bits per heavy atom. The zero-order chi connectivity index (χ0) is 16.8. The highest BCUT2D eigenvalue weighted by atomic mass is 79.9. The van der Waals surface area contributed by atoms with Gasteiger partial charge in [-0.3, -0.25) is 4.79 Å². The third-order valence-electron chi connectivity index (χ3n) is 5.82. The van der Waals surface area contributed by atoms with E-state index in [4.69, 9.17) is 21.1 Å². The second-order valence-electron chi connectivity index (χ2n) is 7.83. The summed E-state index contributed by atoms with van der Waals surface area (Å²) >= 11 is 10.2. The smallest absolute Gasteiger partial charge is 0.312 e. The van der Waals surface area contributed by atoms with Gasteiger partial charge < -0.3 is 9.47 Å². The summed E-state index contributed by atoms with van der Waals surface area (Å²) < 4.78 is 12.2. The molecule has 4 atom stereocenters. The van der Waals surface area contributed by atoms with Crippen molar-refractivity contribution >= 4 is 33.5 Å². The third-order valence-corrected chi connectivity index (χ3v) is 6.79. The fourth-order valence-electron chi connectivity index (χ4n) is 5.37. The predicted octanol–water partition coefficient (Wildman–Crippen LogP) is 4.95. The first-order valence-corrected chi connectivity index (χ1v) is 9.88. The van der Waals surface area contributed by atoms with Crippen molar-refractivity contribution < 1.29 is 14.3 Å². The van der Waals surface area contributed by atoms with E-state index < -0.39 is 0 Å². The number of esters is 1. The number of carbonyl (C=O) groups is 1. The van der Waals surface area contributed by atoms with Gasteiger partial charge in [-0.1, -0.05) is 15.9 Å². The van der Waals surface area contributed by atoms with Crippen LogP contribution in [0.1, 0.15) is 38.5 Å². The van der Waals surface area contributed by atoms with Gasteiger partial charge in [0.1, 0.15) is 19.0 Å².